The topological polar surface area (TPSA) is 0 Å². The molecular formula is C4H6Br2S. The summed E-state index contributed by atoms with van der Waals surface area (Å²) in [5.41, 5.74) is 0. The smallest absolute Gasteiger partial charge is 0.0369 e. The van der Waals surface area contributed by atoms with Gasteiger partial charge in [0.15, 0.2) is 0 Å². The van der Waals surface area contributed by atoms with Gasteiger partial charge in [0.2, 0.25) is 0 Å². The molecule has 2 atom stereocenters. The lowest BCUT2D eigenvalue weighted by atomic mass is 10.4. The molecule has 1 aliphatic rings. The van der Waals surface area contributed by atoms with Crippen LogP contribution >= 0.6 is 43.6 Å². The van der Waals surface area contributed by atoms with E-state index in [1.165, 1.54) is 11.5 Å². The van der Waals surface area contributed by atoms with E-state index in [0.717, 1.165) is 0 Å². The van der Waals surface area contributed by atoms with Crippen molar-refractivity contribution in [1.82, 2.24) is 0 Å². The zero-order valence-electron chi connectivity index (χ0n) is 3.73. The van der Waals surface area contributed by atoms with Gasteiger partial charge in [-0.3, -0.25) is 0 Å². The maximum atomic E-state index is 3.54. The molecule has 1 fully saturated rings. The van der Waals surface area contributed by atoms with Gasteiger partial charge in [-0.2, -0.15) is 11.8 Å². The molecule has 0 amide bonds. The third kappa shape index (κ3) is 1.61. The number of hydrogen-bond donors (Lipinski definition) is 0. The molecule has 0 saturated carbocycles. The molecule has 1 saturated heterocycles. The Morgan fingerprint density at radius 3 is 1.71 bits per heavy atom. The van der Waals surface area contributed by atoms with Gasteiger partial charge < -0.3 is 0 Å². The summed E-state index contributed by atoms with van der Waals surface area (Å²) in [6.45, 7) is 0. The van der Waals surface area contributed by atoms with Gasteiger partial charge in [-0.05, 0) is 0 Å². The molecule has 0 aromatic rings. The first-order valence-corrected chi connectivity index (χ1v) is 5.15. The fourth-order valence-corrected chi connectivity index (χ4v) is 3.54. The van der Waals surface area contributed by atoms with Crippen molar-refractivity contribution in [3.05, 3.63) is 0 Å². The van der Waals surface area contributed by atoms with Crippen molar-refractivity contribution < 1.29 is 0 Å². The molecule has 0 bridgehead atoms. The normalized spacial score (nSPS) is 42.0. The van der Waals surface area contributed by atoms with Crippen LogP contribution in [0.5, 0.6) is 0 Å². The molecule has 1 rings (SSSR count). The second kappa shape index (κ2) is 2.74. The Morgan fingerprint density at radius 1 is 1.14 bits per heavy atom. The highest BCUT2D eigenvalue weighted by atomic mass is 79.9. The fraction of sp³-hybridized carbons (Fsp3) is 1.00. The Kier molecular flexibility index (Phi) is 2.52. The van der Waals surface area contributed by atoms with Crippen molar-refractivity contribution in [3.63, 3.8) is 0 Å². The van der Waals surface area contributed by atoms with Crippen LogP contribution in [0.25, 0.3) is 0 Å². The molecule has 0 unspecified atom stereocenters. The van der Waals surface area contributed by atoms with Crippen molar-refractivity contribution in [2.45, 2.75) is 9.65 Å². The number of rotatable bonds is 0. The summed E-state index contributed by atoms with van der Waals surface area (Å²) in [6, 6.07) is 0. The zero-order valence-corrected chi connectivity index (χ0v) is 7.72. The molecule has 0 aromatic heterocycles. The van der Waals surface area contributed by atoms with Crippen LogP contribution in [0.15, 0.2) is 0 Å². The van der Waals surface area contributed by atoms with Gasteiger partial charge in [-0.25, -0.2) is 0 Å². The largest absolute Gasteiger partial charge is 0.160 e. The summed E-state index contributed by atoms with van der Waals surface area (Å²) in [5.74, 6) is 2.52. The molecule has 42 valence electrons. The lowest BCUT2D eigenvalue weighted by Gasteiger charge is -1.99. The molecule has 0 radical (unpaired) electrons. The first kappa shape index (κ1) is 6.43. The molecule has 7 heavy (non-hydrogen) atoms. The van der Waals surface area contributed by atoms with Crippen LogP contribution in [0.2, 0.25) is 0 Å². The minimum Gasteiger partial charge on any atom is -0.160 e. The van der Waals surface area contributed by atoms with Gasteiger partial charge in [0.05, 0.1) is 0 Å². The minimum absolute atomic E-state index is 0.706. The third-order valence-corrected chi connectivity index (χ3v) is 5.63. The lowest BCUT2D eigenvalue weighted by Crippen LogP contribution is -2.08. The Balaban J connectivity index is 2.33. The van der Waals surface area contributed by atoms with Crippen LogP contribution in [-0.4, -0.2) is 21.2 Å². The number of hydrogen-bond acceptors (Lipinski definition) is 1. The monoisotopic (exact) mass is 244 g/mol. The van der Waals surface area contributed by atoms with Gasteiger partial charge in [-0.15, -0.1) is 0 Å². The van der Waals surface area contributed by atoms with Crippen LogP contribution in [0.3, 0.4) is 0 Å². The first-order chi connectivity index (χ1) is 3.30. The minimum atomic E-state index is 0.706. The predicted molar refractivity (Wildman–Crippen MR) is 42.8 cm³/mol. The lowest BCUT2D eigenvalue weighted by molar-refractivity contribution is 1.03. The highest BCUT2D eigenvalue weighted by Crippen LogP contribution is 2.29. The second-order valence-corrected chi connectivity index (χ2v) is 5.00. The van der Waals surface area contributed by atoms with Crippen LogP contribution in [0.4, 0.5) is 0 Å². The van der Waals surface area contributed by atoms with Crippen molar-refractivity contribution in [2.24, 2.45) is 0 Å². The quantitative estimate of drug-likeness (QED) is 0.590. The third-order valence-electron chi connectivity index (χ3n) is 0.947. The van der Waals surface area contributed by atoms with E-state index in [-0.39, 0.29) is 0 Å². The van der Waals surface area contributed by atoms with Crippen molar-refractivity contribution in [2.75, 3.05) is 11.5 Å². The fourth-order valence-electron chi connectivity index (χ4n) is 0.502. The van der Waals surface area contributed by atoms with E-state index in [2.05, 4.69) is 31.9 Å². The van der Waals surface area contributed by atoms with E-state index < -0.39 is 0 Å². The molecule has 0 spiro atoms. The van der Waals surface area contributed by atoms with E-state index in [9.17, 15) is 0 Å². The Labute approximate surface area is 64.7 Å². The van der Waals surface area contributed by atoms with Crippen LogP contribution in [-0.2, 0) is 0 Å². The number of alkyl halides is 2. The Morgan fingerprint density at radius 2 is 1.57 bits per heavy atom. The maximum Gasteiger partial charge on any atom is 0.0369 e. The highest BCUT2D eigenvalue weighted by Gasteiger charge is 2.21. The average molecular weight is 246 g/mol. The summed E-state index contributed by atoms with van der Waals surface area (Å²) in [7, 11) is 0. The summed E-state index contributed by atoms with van der Waals surface area (Å²) in [5, 5.41) is 0. The van der Waals surface area contributed by atoms with Crippen LogP contribution in [0, 0.1) is 0 Å². The Bertz CT molecular complexity index is 58.7. The van der Waals surface area contributed by atoms with E-state index in [1.54, 1.807) is 0 Å². The van der Waals surface area contributed by atoms with Crippen LogP contribution < -0.4 is 0 Å². The molecular weight excluding hydrogens is 240 g/mol. The molecule has 0 nitrogen and oxygen atoms in total. The summed E-state index contributed by atoms with van der Waals surface area (Å²) >= 11 is 9.07. The van der Waals surface area contributed by atoms with Crippen molar-refractivity contribution in [3.8, 4) is 0 Å². The molecule has 3 heteroatoms. The van der Waals surface area contributed by atoms with Crippen LogP contribution in [0.1, 0.15) is 0 Å². The van der Waals surface area contributed by atoms with Gasteiger partial charge in [0.25, 0.3) is 0 Å². The van der Waals surface area contributed by atoms with Gasteiger partial charge in [0.1, 0.15) is 0 Å². The summed E-state index contributed by atoms with van der Waals surface area (Å²) < 4.78 is 0. The van der Waals surface area contributed by atoms with Gasteiger partial charge in [0, 0.05) is 21.2 Å². The molecule has 0 aromatic carbocycles. The van der Waals surface area contributed by atoms with E-state index in [0.29, 0.717) is 9.65 Å². The number of thioether (sulfide) groups is 1. The first-order valence-electron chi connectivity index (χ1n) is 2.16. The zero-order chi connectivity index (χ0) is 5.28. The molecule has 1 aliphatic heterocycles. The molecule has 0 N–H and O–H groups in total. The standard InChI is InChI=1S/C4H6Br2S/c5-3-1-7-2-4(3)6/h3-4H,1-2H2/t3-,4-/m1/s1. The van der Waals surface area contributed by atoms with Gasteiger partial charge >= 0.3 is 0 Å². The predicted octanol–water partition coefficient (Wildman–Crippen LogP) is 2.26. The van der Waals surface area contributed by atoms with Crippen molar-refractivity contribution in [1.29, 1.82) is 0 Å². The maximum absolute atomic E-state index is 3.54. The summed E-state index contributed by atoms with van der Waals surface area (Å²) in [6.07, 6.45) is 0. The summed E-state index contributed by atoms with van der Waals surface area (Å²) in [4.78, 5) is 1.41. The van der Waals surface area contributed by atoms with E-state index >= 15 is 0 Å². The second-order valence-electron chi connectivity index (χ2n) is 1.57. The highest BCUT2D eigenvalue weighted by molar-refractivity contribution is 9.12. The van der Waals surface area contributed by atoms with Crippen molar-refractivity contribution >= 4 is 43.6 Å². The number of halogens is 2. The van der Waals surface area contributed by atoms with E-state index in [4.69, 9.17) is 0 Å². The molecule has 1 heterocycles. The Hall–Kier alpha value is 1.31. The SMILES string of the molecule is Br[C@@H]1CSC[C@H]1Br. The van der Waals surface area contributed by atoms with Gasteiger partial charge in [-0.1, -0.05) is 31.9 Å². The molecule has 0 aliphatic carbocycles. The van der Waals surface area contributed by atoms with E-state index in [1.807, 2.05) is 11.8 Å². The average Bonchev–Trinajstić information content (AvgIpc) is 1.91.